The molecule has 0 N–H and O–H groups in total. The molecule has 242 valence electrons. The zero-order valence-electron chi connectivity index (χ0n) is 27.6. The summed E-state index contributed by atoms with van der Waals surface area (Å²) in [4.78, 5) is 19.7. The fraction of sp³-hybridized carbons (Fsp3) is 0. The van der Waals surface area contributed by atoms with Gasteiger partial charge in [-0.05, 0) is 63.0 Å². The summed E-state index contributed by atoms with van der Waals surface area (Å²) in [7, 11) is 0. The van der Waals surface area contributed by atoms with Crippen LogP contribution in [0.25, 0.3) is 111 Å². The van der Waals surface area contributed by atoms with Crippen LogP contribution >= 0.6 is 0 Å². The molecule has 11 rings (SSSR count). The Balaban J connectivity index is 1.11. The zero-order valence-corrected chi connectivity index (χ0v) is 27.6. The second kappa shape index (κ2) is 11.2. The maximum atomic E-state index is 6.24. The number of hydrogen-bond acceptors (Lipinski definition) is 6. The van der Waals surface area contributed by atoms with Gasteiger partial charge in [-0.1, -0.05) is 115 Å². The number of nitrogens with zero attached hydrogens (tertiary/aromatic N) is 4. The second-order valence-corrected chi connectivity index (χ2v) is 13.0. The van der Waals surface area contributed by atoms with Crippen molar-refractivity contribution in [1.29, 1.82) is 0 Å². The van der Waals surface area contributed by atoms with Crippen molar-refractivity contribution in [3.05, 3.63) is 158 Å². The number of para-hydroxylation sites is 1. The van der Waals surface area contributed by atoms with Crippen LogP contribution in [0.15, 0.2) is 167 Å². The summed E-state index contributed by atoms with van der Waals surface area (Å²) in [6, 6.07) is 49.8. The first-order valence-electron chi connectivity index (χ1n) is 17.2. The third-order valence-corrected chi connectivity index (χ3v) is 10.0. The monoisotopic (exact) mass is 666 g/mol. The minimum absolute atomic E-state index is 0.594. The molecule has 6 nitrogen and oxygen atoms in total. The van der Waals surface area contributed by atoms with Gasteiger partial charge in [-0.25, -0.2) is 15.0 Å². The van der Waals surface area contributed by atoms with Crippen LogP contribution in [-0.4, -0.2) is 19.9 Å². The summed E-state index contributed by atoms with van der Waals surface area (Å²) < 4.78 is 12.4. The highest BCUT2D eigenvalue weighted by Gasteiger charge is 2.19. The van der Waals surface area contributed by atoms with E-state index in [0.717, 1.165) is 93.2 Å². The normalized spacial score (nSPS) is 11.8. The number of pyridine rings is 1. The average Bonchev–Trinajstić information content (AvgIpc) is 3.79. The largest absolute Gasteiger partial charge is 0.456 e. The summed E-state index contributed by atoms with van der Waals surface area (Å²) in [6.07, 6.45) is 3.65. The number of aromatic nitrogens is 4. The lowest BCUT2D eigenvalue weighted by Crippen LogP contribution is -2.01. The number of fused-ring (bicyclic) bond motifs is 9. The van der Waals surface area contributed by atoms with Gasteiger partial charge in [0.15, 0.2) is 17.5 Å². The van der Waals surface area contributed by atoms with E-state index in [9.17, 15) is 0 Å². The summed E-state index contributed by atoms with van der Waals surface area (Å²) >= 11 is 0. The van der Waals surface area contributed by atoms with Crippen LogP contribution in [0.4, 0.5) is 0 Å². The van der Waals surface area contributed by atoms with Crippen LogP contribution in [0.2, 0.25) is 0 Å². The van der Waals surface area contributed by atoms with Crippen molar-refractivity contribution in [2.45, 2.75) is 0 Å². The Morgan fingerprint density at radius 1 is 0.365 bits per heavy atom. The van der Waals surface area contributed by atoms with Crippen molar-refractivity contribution in [1.82, 2.24) is 19.9 Å². The fourth-order valence-corrected chi connectivity index (χ4v) is 7.67. The molecule has 0 aliphatic heterocycles. The number of hydrogen-bond donors (Lipinski definition) is 0. The molecule has 0 saturated carbocycles. The summed E-state index contributed by atoms with van der Waals surface area (Å²) in [6.45, 7) is 0. The highest BCUT2D eigenvalue weighted by Crippen LogP contribution is 2.40. The Bertz CT molecular complexity index is 3200. The highest BCUT2D eigenvalue weighted by molar-refractivity contribution is 6.19. The van der Waals surface area contributed by atoms with Crippen molar-refractivity contribution < 1.29 is 8.83 Å². The molecular formula is C46H26N4O2. The van der Waals surface area contributed by atoms with Gasteiger partial charge in [-0.3, -0.25) is 4.98 Å². The number of furan rings is 2. The molecule has 0 spiro atoms. The first-order chi connectivity index (χ1) is 25.8. The van der Waals surface area contributed by atoms with Crippen LogP contribution in [-0.2, 0) is 0 Å². The maximum Gasteiger partial charge on any atom is 0.164 e. The molecule has 4 aromatic heterocycles. The molecule has 6 heteroatoms. The minimum atomic E-state index is 0.594. The predicted molar refractivity (Wildman–Crippen MR) is 209 cm³/mol. The van der Waals surface area contributed by atoms with Crippen molar-refractivity contribution in [2.75, 3.05) is 0 Å². The van der Waals surface area contributed by atoms with Gasteiger partial charge in [-0.15, -0.1) is 0 Å². The number of benzene rings is 7. The summed E-state index contributed by atoms with van der Waals surface area (Å²) in [5, 5.41) is 8.58. The zero-order chi connectivity index (χ0) is 34.2. The van der Waals surface area contributed by atoms with E-state index in [4.69, 9.17) is 23.8 Å². The molecule has 0 aliphatic carbocycles. The van der Waals surface area contributed by atoms with E-state index in [2.05, 4.69) is 83.8 Å². The Morgan fingerprint density at radius 3 is 1.90 bits per heavy atom. The third kappa shape index (κ3) is 4.38. The standard InChI is InChI=1S/C46H26N4O2/c1-2-9-27(10-3-1)44-48-45(50-46(49-44)36-16-8-18-40-43(36)35-11-4-5-17-38(35)51-40)34-15-7-13-32-30(12-6-14-33(32)34)28-19-21-31-29(25-28)20-22-41-42(31)37-26-47-24-23-39(37)52-41/h1-26H. The van der Waals surface area contributed by atoms with Crippen LogP contribution in [0.1, 0.15) is 0 Å². The molecule has 4 heterocycles. The molecule has 0 bridgehead atoms. The van der Waals surface area contributed by atoms with Crippen LogP contribution < -0.4 is 0 Å². The molecule has 0 fully saturated rings. The second-order valence-electron chi connectivity index (χ2n) is 13.0. The molecule has 0 unspecified atom stereocenters. The van der Waals surface area contributed by atoms with E-state index in [-0.39, 0.29) is 0 Å². The minimum Gasteiger partial charge on any atom is -0.456 e. The molecule has 11 aromatic rings. The van der Waals surface area contributed by atoms with E-state index in [1.54, 1.807) is 6.20 Å². The smallest absolute Gasteiger partial charge is 0.164 e. The average molecular weight is 667 g/mol. The SMILES string of the molecule is c1ccc(-c2nc(-c3cccc4c(-c5ccc6c(ccc7oc8ccncc8c76)c5)cccc34)nc(-c3cccc4oc5ccccc5c34)n2)cc1. The van der Waals surface area contributed by atoms with Gasteiger partial charge in [0.1, 0.15) is 22.3 Å². The fourth-order valence-electron chi connectivity index (χ4n) is 7.67. The van der Waals surface area contributed by atoms with E-state index < -0.39 is 0 Å². The van der Waals surface area contributed by atoms with Gasteiger partial charge >= 0.3 is 0 Å². The van der Waals surface area contributed by atoms with Crippen molar-refractivity contribution in [2.24, 2.45) is 0 Å². The lowest BCUT2D eigenvalue weighted by Gasteiger charge is -2.13. The molecule has 52 heavy (non-hydrogen) atoms. The predicted octanol–water partition coefficient (Wildman–Crippen LogP) is 12.0. The molecule has 0 saturated heterocycles. The lowest BCUT2D eigenvalue weighted by atomic mass is 9.93. The van der Waals surface area contributed by atoms with Gasteiger partial charge in [0.25, 0.3) is 0 Å². The molecule has 0 aliphatic rings. The van der Waals surface area contributed by atoms with Gasteiger partial charge in [0.2, 0.25) is 0 Å². The van der Waals surface area contributed by atoms with E-state index in [1.165, 1.54) is 0 Å². The van der Waals surface area contributed by atoms with E-state index in [0.29, 0.717) is 17.5 Å². The van der Waals surface area contributed by atoms with E-state index in [1.807, 2.05) is 72.9 Å². The van der Waals surface area contributed by atoms with E-state index >= 15 is 0 Å². The highest BCUT2D eigenvalue weighted by atomic mass is 16.3. The Hall–Kier alpha value is -7.18. The first kappa shape index (κ1) is 28.6. The summed E-state index contributed by atoms with van der Waals surface area (Å²) in [5.74, 6) is 1.82. The van der Waals surface area contributed by atoms with Crippen LogP contribution in [0.5, 0.6) is 0 Å². The molecule has 7 aromatic carbocycles. The first-order valence-corrected chi connectivity index (χ1v) is 17.2. The molecular weight excluding hydrogens is 641 g/mol. The number of rotatable bonds is 4. The Kier molecular flexibility index (Phi) is 6.15. The lowest BCUT2D eigenvalue weighted by molar-refractivity contribution is 0.668. The molecule has 0 atom stereocenters. The Labute approximate surface area is 296 Å². The molecule has 0 radical (unpaired) electrons. The van der Waals surface area contributed by atoms with Crippen molar-refractivity contribution in [3.63, 3.8) is 0 Å². The van der Waals surface area contributed by atoms with Crippen LogP contribution in [0.3, 0.4) is 0 Å². The quantitative estimate of drug-likeness (QED) is 0.186. The van der Waals surface area contributed by atoms with Gasteiger partial charge < -0.3 is 8.83 Å². The Morgan fingerprint density at radius 2 is 1.02 bits per heavy atom. The molecule has 0 amide bonds. The van der Waals surface area contributed by atoms with Gasteiger partial charge in [0, 0.05) is 50.6 Å². The van der Waals surface area contributed by atoms with Crippen molar-refractivity contribution >= 4 is 65.4 Å². The topological polar surface area (TPSA) is 77.8 Å². The summed E-state index contributed by atoms with van der Waals surface area (Å²) in [5.41, 5.74) is 8.34. The van der Waals surface area contributed by atoms with Gasteiger partial charge in [0.05, 0.1) is 0 Å². The maximum absolute atomic E-state index is 6.24. The third-order valence-electron chi connectivity index (χ3n) is 10.0. The van der Waals surface area contributed by atoms with Gasteiger partial charge in [-0.2, -0.15) is 0 Å². The van der Waals surface area contributed by atoms with Crippen LogP contribution in [0, 0.1) is 0 Å². The van der Waals surface area contributed by atoms with Crippen molar-refractivity contribution in [3.8, 4) is 45.3 Å².